The Bertz CT molecular complexity index is 3300. The van der Waals surface area contributed by atoms with E-state index in [9.17, 15) is 5.11 Å². The second kappa shape index (κ2) is 16.5. The van der Waals surface area contributed by atoms with Crippen LogP contribution in [0.2, 0.25) is 0 Å². The molecule has 4 nitrogen and oxygen atoms in total. The Kier molecular flexibility index (Phi) is 8.95. The molecule has 0 saturated heterocycles. The van der Waals surface area contributed by atoms with E-state index in [1.165, 1.54) is 0 Å². The fourth-order valence-electron chi connectivity index (χ4n) is 8.22. The lowest BCUT2D eigenvalue weighted by atomic mass is 9.83. The van der Waals surface area contributed by atoms with E-state index in [0.717, 1.165) is 55.8 Å². The molecule has 0 radical (unpaired) electrons. The van der Waals surface area contributed by atoms with Crippen molar-refractivity contribution >= 4 is 11.0 Å². The maximum atomic E-state index is 12.0. The average molecular weight is 838 g/mol. The van der Waals surface area contributed by atoms with Crippen LogP contribution in [0.15, 0.2) is 128 Å². The highest BCUT2D eigenvalue weighted by molar-refractivity contribution is 5.97. The molecule has 320 valence electrons. The number of phenolic OH excluding ortho intramolecular Hbond substituents is 1. The highest BCUT2D eigenvalue weighted by atomic mass is 16.3. The van der Waals surface area contributed by atoms with Crippen molar-refractivity contribution in [2.75, 3.05) is 0 Å². The van der Waals surface area contributed by atoms with Gasteiger partial charge in [-0.15, -0.1) is 0 Å². The van der Waals surface area contributed by atoms with Gasteiger partial charge in [-0.05, 0) is 153 Å². The van der Waals surface area contributed by atoms with Crippen molar-refractivity contribution in [1.29, 1.82) is 0 Å². The Labute approximate surface area is 387 Å². The zero-order chi connectivity index (χ0) is 52.0. The Balaban J connectivity index is 1.40. The topological polar surface area (TPSA) is 50.9 Å². The van der Waals surface area contributed by atoms with Crippen molar-refractivity contribution in [3.05, 3.63) is 166 Å². The van der Waals surface area contributed by atoms with Gasteiger partial charge in [-0.25, -0.2) is 4.98 Å². The van der Waals surface area contributed by atoms with E-state index >= 15 is 0 Å². The van der Waals surface area contributed by atoms with E-state index in [0.29, 0.717) is 44.8 Å². The summed E-state index contributed by atoms with van der Waals surface area (Å²) in [5.41, 5.74) is 12.3. The molecule has 0 fully saturated rings. The third-order valence-electron chi connectivity index (χ3n) is 12.1. The van der Waals surface area contributed by atoms with E-state index in [2.05, 4.69) is 59.7 Å². The standard InChI is InChI=1S/C59H63N3O/c1-35(2)43-27-44(36(3)4)29-45(28-43)41-21-22-53(38(6)25-41)62-54-16-14-15-50(55(54)61-57(62)51-34-48(58(8,9)10)26-39(7)56(51)63)46-30-47(32-49(31-46)59(11,12)13)52-33-42(23-24-60-52)40-19-17-37(5)18-20-40/h14-36,63H,1-13H3/i5D3,6D3,35D,36D. The third-order valence-corrected chi connectivity index (χ3v) is 12.1. The summed E-state index contributed by atoms with van der Waals surface area (Å²) in [6.07, 6.45) is 1.76. The number of fused-ring (bicyclic) bond motifs is 1. The van der Waals surface area contributed by atoms with Crippen LogP contribution in [0.3, 0.4) is 0 Å². The first-order valence-corrected chi connectivity index (χ1v) is 21.7. The molecule has 2 heterocycles. The predicted molar refractivity (Wildman–Crippen MR) is 267 cm³/mol. The van der Waals surface area contributed by atoms with Crippen molar-refractivity contribution in [3.63, 3.8) is 0 Å². The fraction of sp³-hybridized carbons (Fsp3) is 0.288. The monoisotopic (exact) mass is 838 g/mol. The maximum Gasteiger partial charge on any atom is 0.149 e. The summed E-state index contributed by atoms with van der Waals surface area (Å²) in [6, 6.07) is 38.2. The van der Waals surface area contributed by atoms with Crippen LogP contribution in [0.4, 0.5) is 0 Å². The minimum absolute atomic E-state index is 0.0412. The minimum Gasteiger partial charge on any atom is -0.507 e. The smallest absolute Gasteiger partial charge is 0.149 e. The lowest BCUT2D eigenvalue weighted by Crippen LogP contribution is -2.12. The largest absolute Gasteiger partial charge is 0.507 e. The molecule has 4 heteroatoms. The van der Waals surface area contributed by atoms with E-state index < -0.39 is 25.5 Å². The van der Waals surface area contributed by atoms with Crippen LogP contribution < -0.4 is 0 Å². The van der Waals surface area contributed by atoms with Gasteiger partial charge in [0.2, 0.25) is 0 Å². The third kappa shape index (κ3) is 8.61. The van der Waals surface area contributed by atoms with Crippen molar-refractivity contribution in [3.8, 4) is 67.5 Å². The molecule has 63 heavy (non-hydrogen) atoms. The number of hydrogen-bond acceptors (Lipinski definition) is 3. The number of nitrogens with zero attached hydrogens (tertiary/aromatic N) is 3. The molecular formula is C59H63N3O. The van der Waals surface area contributed by atoms with Gasteiger partial charge in [0.1, 0.15) is 11.6 Å². The molecule has 0 spiro atoms. The zero-order valence-corrected chi connectivity index (χ0v) is 38.4. The minimum atomic E-state index is -2.61. The molecule has 0 saturated carbocycles. The number of aryl methyl sites for hydroxylation is 3. The van der Waals surface area contributed by atoms with Gasteiger partial charge in [0.25, 0.3) is 0 Å². The number of aromatic hydroxyl groups is 1. The van der Waals surface area contributed by atoms with Gasteiger partial charge in [0.15, 0.2) is 0 Å². The van der Waals surface area contributed by atoms with Gasteiger partial charge < -0.3 is 5.11 Å². The molecule has 6 aromatic carbocycles. The van der Waals surface area contributed by atoms with Crippen molar-refractivity contribution in [2.45, 2.75) is 112 Å². The van der Waals surface area contributed by atoms with Crippen LogP contribution in [0, 0.1) is 20.6 Å². The van der Waals surface area contributed by atoms with Crippen LogP contribution in [0.5, 0.6) is 5.75 Å². The summed E-state index contributed by atoms with van der Waals surface area (Å²) in [5.74, 6) is -1.53. The molecule has 0 atom stereocenters. The molecule has 2 aromatic heterocycles. The fourth-order valence-corrected chi connectivity index (χ4v) is 8.22. The summed E-state index contributed by atoms with van der Waals surface area (Å²) < 4.78 is 70.4. The Morgan fingerprint density at radius 2 is 1.24 bits per heavy atom. The first-order valence-electron chi connectivity index (χ1n) is 25.7. The first kappa shape index (κ1) is 34.3. The number of benzene rings is 6. The summed E-state index contributed by atoms with van der Waals surface area (Å²) in [7, 11) is 0. The van der Waals surface area contributed by atoms with Gasteiger partial charge in [-0.1, -0.05) is 148 Å². The van der Waals surface area contributed by atoms with Crippen LogP contribution in [-0.2, 0) is 10.8 Å². The van der Waals surface area contributed by atoms with E-state index in [-0.39, 0.29) is 27.7 Å². The summed E-state index contributed by atoms with van der Waals surface area (Å²) in [5, 5.41) is 12.0. The number of rotatable bonds is 8. The lowest BCUT2D eigenvalue weighted by Gasteiger charge is -2.22. The number of phenols is 1. The molecular weight excluding hydrogens is 767 g/mol. The van der Waals surface area contributed by atoms with Gasteiger partial charge in [-0.3, -0.25) is 9.55 Å². The van der Waals surface area contributed by atoms with Crippen LogP contribution in [0.25, 0.3) is 72.7 Å². The summed E-state index contributed by atoms with van der Waals surface area (Å²) in [4.78, 5) is 10.3. The SMILES string of the molecule is [2H]C([2H])([2H])c1ccc(-c2ccnc(-c3cc(-c4cccc5c4nc(-c4cc(C(C)(C)C)cc(C)c4O)n5-c4ccc(-c5cc(C([2H])(C)C)cc(C([2H])(C)C)c5)cc4C([2H])([2H])[2H])cc(C(C)(C)C)c3)c2)cc1. The summed E-state index contributed by atoms with van der Waals surface area (Å²) in [6.45, 7) is 17.1. The van der Waals surface area contributed by atoms with Crippen LogP contribution in [0.1, 0.15) is 131 Å². The Hall–Kier alpha value is -6.26. The molecule has 0 amide bonds. The molecule has 8 rings (SSSR count). The van der Waals surface area contributed by atoms with Gasteiger partial charge in [0.05, 0.1) is 28.0 Å². The Morgan fingerprint density at radius 1 is 0.587 bits per heavy atom. The van der Waals surface area contributed by atoms with E-state index in [4.69, 9.17) is 20.9 Å². The number of imidazole rings is 1. The molecule has 0 aliphatic rings. The van der Waals surface area contributed by atoms with Crippen molar-refractivity contribution < 1.29 is 16.1 Å². The van der Waals surface area contributed by atoms with Gasteiger partial charge in [0, 0.05) is 28.3 Å². The highest BCUT2D eigenvalue weighted by Crippen LogP contribution is 2.43. The van der Waals surface area contributed by atoms with E-state index in [1.54, 1.807) is 52.1 Å². The molecule has 0 bridgehead atoms. The lowest BCUT2D eigenvalue weighted by molar-refractivity contribution is 0.471. The van der Waals surface area contributed by atoms with Gasteiger partial charge >= 0.3 is 0 Å². The van der Waals surface area contributed by atoms with Crippen LogP contribution >= 0.6 is 0 Å². The van der Waals surface area contributed by atoms with Crippen molar-refractivity contribution in [2.24, 2.45) is 0 Å². The quantitative estimate of drug-likeness (QED) is 0.166. The summed E-state index contributed by atoms with van der Waals surface area (Å²) >= 11 is 0. The van der Waals surface area contributed by atoms with Crippen LogP contribution in [-0.4, -0.2) is 19.6 Å². The van der Waals surface area contributed by atoms with Crippen molar-refractivity contribution in [1.82, 2.24) is 14.5 Å². The Morgan fingerprint density at radius 3 is 1.89 bits per heavy atom. The second-order valence-corrected chi connectivity index (χ2v) is 19.5. The van der Waals surface area contributed by atoms with E-state index in [1.807, 2.05) is 96.4 Å². The molecule has 1 N–H and O–H groups in total. The number of hydrogen-bond donors (Lipinski definition) is 1. The zero-order valence-electron chi connectivity index (χ0n) is 46.4. The molecule has 0 unspecified atom stereocenters. The second-order valence-electron chi connectivity index (χ2n) is 19.5. The highest BCUT2D eigenvalue weighted by Gasteiger charge is 2.26. The molecule has 8 aromatic rings. The predicted octanol–water partition coefficient (Wildman–Crippen LogP) is 16.2. The number of para-hydroxylation sites is 1. The molecule has 0 aliphatic heterocycles. The number of pyridine rings is 1. The molecule has 0 aliphatic carbocycles. The normalized spacial score (nSPS) is 14.8. The number of aromatic nitrogens is 3. The first-order chi connectivity index (χ1) is 32.8. The van der Waals surface area contributed by atoms with Gasteiger partial charge in [-0.2, -0.15) is 0 Å². The average Bonchev–Trinajstić information content (AvgIpc) is 3.67. The maximum absolute atomic E-state index is 12.0.